The molecule has 9 heteroatoms. The first-order chi connectivity index (χ1) is 13.0. The van der Waals surface area contributed by atoms with E-state index in [4.69, 9.17) is 4.74 Å². The van der Waals surface area contributed by atoms with Crippen LogP contribution in [-0.2, 0) is 4.74 Å². The van der Waals surface area contributed by atoms with E-state index in [0.717, 1.165) is 19.5 Å². The number of aromatic nitrogens is 2. The third-order valence-corrected chi connectivity index (χ3v) is 4.34. The Labute approximate surface area is 160 Å². The van der Waals surface area contributed by atoms with Gasteiger partial charge in [-0.05, 0) is 59.0 Å². The van der Waals surface area contributed by atoms with Crippen LogP contribution in [0.15, 0.2) is 12.1 Å². The van der Waals surface area contributed by atoms with Gasteiger partial charge in [0, 0.05) is 25.7 Å². The minimum Gasteiger partial charge on any atom is -0.450 e. The normalized spacial score (nSPS) is 14.9. The van der Waals surface area contributed by atoms with Gasteiger partial charge < -0.3 is 25.2 Å². The Kier molecular flexibility index (Phi) is 8.25. The number of hydrogen-bond acceptors (Lipinski definition) is 7. The lowest BCUT2D eigenvalue weighted by atomic mass is 10.1. The maximum Gasteiger partial charge on any atom is 0.409 e. The van der Waals surface area contributed by atoms with E-state index < -0.39 is 0 Å². The van der Waals surface area contributed by atoms with Gasteiger partial charge >= 0.3 is 6.09 Å². The van der Waals surface area contributed by atoms with Crippen LogP contribution in [0.4, 0.5) is 10.6 Å². The Balaban J connectivity index is 1.74. The Morgan fingerprint density at radius 1 is 1.26 bits per heavy atom. The van der Waals surface area contributed by atoms with Gasteiger partial charge in [0.15, 0.2) is 5.69 Å². The van der Waals surface area contributed by atoms with Gasteiger partial charge in [-0.15, -0.1) is 10.2 Å². The topological polar surface area (TPSA) is 99.7 Å². The van der Waals surface area contributed by atoms with Gasteiger partial charge in [0.1, 0.15) is 5.82 Å². The zero-order valence-electron chi connectivity index (χ0n) is 16.4. The first-order valence-electron chi connectivity index (χ1n) is 9.44. The van der Waals surface area contributed by atoms with Crippen molar-refractivity contribution in [1.82, 2.24) is 25.3 Å². The maximum atomic E-state index is 12.3. The van der Waals surface area contributed by atoms with Crippen molar-refractivity contribution in [2.45, 2.75) is 32.2 Å². The molecule has 150 valence electrons. The van der Waals surface area contributed by atoms with E-state index in [2.05, 4.69) is 25.7 Å². The molecule has 2 N–H and O–H groups in total. The standard InChI is InChI=1S/C18H30N6O3/c1-4-27-18(26)24-12-8-14(9-13-24)20-17(25)15-6-7-16(22-21-15)19-10-5-11-23(2)3/h6-7,14H,4-5,8-13H2,1-3H3,(H,19,22)(H,20,25). The molecule has 0 spiro atoms. The van der Waals surface area contributed by atoms with E-state index in [1.165, 1.54) is 0 Å². The Bertz CT molecular complexity index is 600. The van der Waals surface area contributed by atoms with E-state index in [1.807, 2.05) is 14.1 Å². The number of amides is 2. The average Bonchev–Trinajstić information content (AvgIpc) is 2.66. The SMILES string of the molecule is CCOC(=O)N1CCC(NC(=O)c2ccc(NCCCN(C)C)nn2)CC1. The highest BCUT2D eigenvalue weighted by Crippen LogP contribution is 2.12. The average molecular weight is 378 g/mol. The number of ether oxygens (including phenoxy) is 1. The summed E-state index contributed by atoms with van der Waals surface area (Å²) in [4.78, 5) is 27.8. The van der Waals surface area contributed by atoms with Crippen LogP contribution in [0.3, 0.4) is 0 Å². The number of likely N-dealkylation sites (tertiary alicyclic amines) is 1. The monoisotopic (exact) mass is 378 g/mol. The number of piperidine rings is 1. The molecule has 1 aromatic rings. The molecule has 0 radical (unpaired) electrons. The molecule has 2 amide bonds. The highest BCUT2D eigenvalue weighted by Gasteiger charge is 2.25. The number of nitrogens with one attached hydrogen (secondary N) is 2. The summed E-state index contributed by atoms with van der Waals surface area (Å²) in [6, 6.07) is 3.46. The Hall–Kier alpha value is -2.42. The van der Waals surface area contributed by atoms with Gasteiger partial charge in [0.05, 0.1) is 6.61 Å². The Morgan fingerprint density at radius 3 is 2.59 bits per heavy atom. The molecule has 27 heavy (non-hydrogen) atoms. The molecule has 1 saturated heterocycles. The molecule has 2 heterocycles. The van der Waals surface area contributed by atoms with Crippen molar-refractivity contribution in [3.05, 3.63) is 17.8 Å². The molecule has 1 aromatic heterocycles. The second-order valence-corrected chi connectivity index (χ2v) is 6.82. The molecule has 0 saturated carbocycles. The molecule has 2 rings (SSSR count). The van der Waals surface area contributed by atoms with Crippen molar-refractivity contribution in [3.8, 4) is 0 Å². The number of hydrogen-bond donors (Lipinski definition) is 2. The molecule has 0 aliphatic carbocycles. The first kappa shape index (κ1) is 20.9. The molecule has 0 bridgehead atoms. The summed E-state index contributed by atoms with van der Waals surface area (Å²) in [5.74, 6) is 0.421. The fourth-order valence-electron chi connectivity index (χ4n) is 2.84. The van der Waals surface area contributed by atoms with E-state index >= 15 is 0 Å². The van der Waals surface area contributed by atoms with Crippen molar-refractivity contribution in [3.63, 3.8) is 0 Å². The molecule has 0 atom stereocenters. The lowest BCUT2D eigenvalue weighted by molar-refractivity contribution is 0.0856. The molecular formula is C18H30N6O3. The van der Waals surface area contributed by atoms with E-state index in [-0.39, 0.29) is 18.0 Å². The van der Waals surface area contributed by atoms with Crippen LogP contribution >= 0.6 is 0 Å². The lowest BCUT2D eigenvalue weighted by Crippen LogP contribution is -2.46. The van der Waals surface area contributed by atoms with E-state index in [9.17, 15) is 9.59 Å². The number of anilines is 1. The summed E-state index contributed by atoms with van der Waals surface area (Å²) >= 11 is 0. The van der Waals surface area contributed by atoms with Crippen LogP contribution in [0.5, 0.6) is 0 Å². The Morgan fingerprint density at radius 2 is 2.00 bits per heavy atom. The van der Waals surface area contributed by atoms with E-state index in [0.29, 0.717) is 44.0 Å². The fourth-order valence-corrected chi connectivity index (χ4v) is 2.84. The quantitative estimate of drug-likeness (QED) is 0.656. The van der Waals surface area contributed by atoms with Crippen molar-refractivity contribution in [1.29, 1.82) is 0 Å². The van der Waals surface area contributed by atoms with Gasteiger partial charge in [0.2, 0.25) is 0 Å². The molecule has 1 fully saturated rings. The molecule has 1 aliphatic heterocycles. The summed E-state index contributed by atoms with van der Waals surface area (Å²) in [5, 5.41) is 14.2. The first-order valence-corrected chi connectivity index (χ1v) is 9.44. The minimum atomic E-state index is -0.290. The fraction of sp³-hybridized carbons (Fsp3) is 0.667. The molecule has 9 nitrogen and oxygen atoms in total. The van der Waals surface area contributed by atoms with Crippen molar-refractivity contribution in [2.75, 3.05) is 52.2 Å². The summed E-state index contributed by atoms with van der Waals surface area (Å²) < 4.78 is 5.00. The van der Waals surface area contributed by atoms with Gasteiger partial charge in [-0.2, -0.15) is 0 Å². The smallest absolute Gasteiger partial charge is 0.409 e. The number of carbonyl (C=O) groups is 2. The minimum absolute atomic E-state index is 0.0220. The van der Waals surface area contributed by atoms with Crippen molar-refractivity contribution in [2.24, 2.45) is 0 Å². The summed E-state index contributed by atoms with van der Waals surface area (Å²) in [6.07, 6.45) is 2.11. The predicted octanol–water partition coefficient (Wildman–Crippen LogP) is 1.19. The van der Waals surface area contributed by atoms with Gasteiger partial charge in [-0.25, -0.2) is 4.79 Å². The third kappa shape index (κ3) is 7.01. The highest BCUT2D eigenvalue weighted by molar-refractivity contribution is 5.92. The third-order valence-electron chi connectivity index (χ3n) is 4.34. The number of carbonyl (C=O) groups excluding carboxylic acids is 2. The summed E-state index contributed by atoms with van der Waals surface area (Å²) in [7, 11) is 4.07. The maximum absolute atomic E-state index is 12.3. The van der Waals surface area contributed by atoms with Gasteiger partial charge in [0.25, 0.3) is 5.91 Å². The van der Waals surface area contributed by atoms with Crippen LogP contribution in [0.1, 0.15) is 36.7 Å². The van der Waals surface area contributed by atoms with Crippen molar-refractivity contribution >= 4 is 17.8 Å². The largest absolute Gasteiger partial charge is 0.450 e. The van der Waals surface area contributed by atoms with Crippen LogP contribution in [-0.4, -0.2) is 84.9 Å². The number of rotatable bonds is 8. The predicted molar refractivity (Wildman–Crippen MR) is 103 cm³/mol. The molecule has 1 aliphatic rings. The lowest BCUT2D eigenvalue weighted by Gasteiger charge is -2.31. The zero-order chi connectivity index (χ0) is 19.6. The van der Waals surface area contributed by atoms with Crippen LogP contribution in [0.25, 0.3) is 0 Å². The summed E-state index contributed by atoms with van der Waals surface area (Å²) in [5.41, 5.74) is 0.293. The van der Waals surface area contributed by atoms with Crippen LogP contribution in [0, 0.1) is 0 Å². The molecule has 0 unspecified atom stereocenters. The molecule has 0 aromatic carbocycles. The zero-order valence-corrected chi connectivity index (χ0v) is 16.4. The van der Waals surface area contributed by atoms with E-state index in [1.54, 1.807) is 24.0 Å². The highest BCUT2D eigenvalue weighted by atomic mass is 16.6. The molecular weight excluding hydrogens is 348 g/mol. The second-order valence-electron chi connectivity index (χ2n) is 6.82. The summed E-state index contributed by atoms with van der Waals surface area (Å²) in [6.45, 7) is 5.11. The van der Waals surface area contributed by atoms with Crippen molar-refractivity contribution < 1.29 is 14.3 Å². The van der Waals surface area contributed by atoms with Crippen LogP contribution < -0.4 is 10.6 Å². The van der Waals surface area contributed by atoms with Crippen LogP contribution in [0.2, 0.25) is 0 Å². The van der Waals surface area contributed by atoms with Gasteiger partial charge in [-0.3, -0.25) is 4.79 Å². The van der Waals surface area contributed by atoms with Gasteiger partial charge in [-0.1, -0.05) is 0 Å². The second kappa shape index (κ2) is 10.7. The number of nitrogens with zero attached hydrogens (tertiary/aromatic N) is 4.